The van der Waals surface area contributed by atoms with Gasteiger partial charge in [-0.3, -0.25) is 0 Å². The Balaban J connectivity index is 1.48. The van der Waals surface area contributed by atoms with Crippen LogP contribution in [0.3, 0.4) is 0 Å². The van der Waals surface area contributed by atoms with Crippen molar-refractivity contribution in [3.63, 3.8) is 0 Å². The van der Waals surface area contributed by atoms with Crippen molar-refractivity contribution in [2.45, 2.75) is 6.61 Å². The number of halogens is 4. The van der Waals surface area contributed by atoms with Gasteiger partial charge in [-0.2, -0.15) is 8.78 Å². The van der Waals surface area contributed by atoms with Crippen molar-refractivity contribution >= 4 is 0 Å². The summed E-state index contributed by atoms with van der Waals surface area (Å²) in [5.74, 6) is -4.01. The Morgan fingerprint density at radius 3 is 1.56 bits per heavy atom. The zero-order valence-electron chi connectivity index (χ0n) is 18.4. The standard InChI is InChI=1S/C27H20F4O3/c1-32-19-9-7-18(8-10-19)21-12-14-23(27(31)25(21)29)34-15-16-3-5-17(6-4-16)20-11-13-22(33-2)26(30)24(20)28/h3-14H,15H2,1-2H3. The van der Waals surface area contributed by atoms with Crippen LogP contribution >= 0.6 is 0 Å². The summed E-state index contributed by atoms with van der Waals surface area (Å²) in [6.45, 7) is -0.0437. The molecule has 0 saturated heterocycles. The quantitative estimate of drug-likeness (QED) is 0.269. The van der Waals surface area contributed by atoms with Gasteiger partial charge in [0, 0.05) is 11.1 Å². The van der Waals surface area contributed by atoms with Gasteiger partial charge in [-0.25, -0.2) is 8.78 Å². The Kier molecular flexibility index (Phi) is 6.72. The van der Waals surface area contributed by atoms with Crippen molar-refractivity contribution in [3.8, 4) is 39.5 Å². The van der Waals surface area contributed by atoms with Gasteiger partial charge in [0.25, 0.3) is 0 Å². The van der Waals surface area contributed by atoms with Gasteiger partial charge in [0.15, 0.2) is 23.1 Å². The zero-order valence-corrected chi connectivity index (χ0v) is 18.4. The number of hydrogen-bond donors (Lipinski definition) is 0. The molecule has 3 nitrogen and oxygen atoms in total. The lowest BCUT2D eigenvalue weighted by Gasteiger charge is -2.12. The summed E-state index contributed by atoms with van der Waals surface area (Å²) >= 11 is 0. The van der Waals surface area contributed by atoms with Gasteiger partial charge in [0.1, 0.15) is 12.4 Å². The normalized spacial score (nSPS) is 10.8. The van der Waals surface area contributed by atoms with Crippen LogP contribution in [0.1, 0.15) is 5.56 Å². The average molecular weight is 468 g/mol. The maximum atomic E-state index is 14.7. The molecule has 0 aliphatic rings. The van der Waals surface area contributed by atoms with Gasteiger partial charge < -0.3 is 14.2 Å². The molecule has 0 heterocycles. The highest BCUT2D eigenvalue weighted by Crippen LogP contribution is 2.32. The Labute approximate surface area is 194 Å². The van der Waals surface area contributed by atoms with E-state index in [0.29, 0.717) is 22.4 Å². The summed E-state index contributed by atoms with van der Waals surface area (Å²) in [5.41, 5.74) is 1.77. The van der Waals surface area contributed by atoms with E-state index in [1.54, 1.807) is 48.5 Å². The number of benzene rings is 4. The molecule has 7 heteroatoms. The minimum atomic E-state index is -1.10. The predicted octanol–water partition coefficient (Wildman–Crippen LogP) is 7.17. The van der Waals surface area contributed by atoms with Gasteiger partial charge in [0.2, 0.25) is 11.6 Å². The highest BCUT2D eigenvalue weighted by molar-refractivity contribution is 5.67. The van der Waals surface area contributed by atoms with E-state index in [4.69, 9.17) is 14.2 Å². The second-order valence-electron chi connectivity index (χ2n) is 7.40. The molecule has 0 N–H and O–H groups in total. The first-order valence-corrected chi connectivity index (χ1v) is 10.3. The molecule has 34 heavy (non-hydrogen) atoms. The fourth-order valence-electron chi connectivity index (χ4n) is 3.49. The maximum absolute atomic E-state index is 14.7. The molecule has 0 aromatic heterocycles. The third-order valence-electron chi connectivity index (χ3n) is 5.37. The largest absolute Gasteiger partial charge is 0.497 e. The highest BCUT2D eigenvalue weighted by atomic mass is 19.2. The van der Waals surface area contributed by atoms with Gasteiger partial charge >= 0.3 is 0 Å². The molecule has 0 unspecified atom stereocenters. The topological polar surface area (TPSA) is 27.7 Å². The van der Waals surface area contributed by atoms with Crippen LogP contribution in [-0.2, 0) is 6.61 Å². The third-order valence-corrected chi connectivity index (χ3v) is 5.37. The Bertz CT molecular complexity index is 1300. The second-order valence-corrected chi connectivity index (χ2v) is 7.40. The molecular weight excluding hydrogens is 448 g/mol. The lowest BCUT2D eigenvalue weighted by Crippen LogP contribution is -2.00. The number of ether oxygens (including phenoxy) is 3. The number of hydrogen-bond acceptors (Lipinski definition) is 3. The van der Waals surface area contributed by atoms with Crippen LogP contribution in [0.2, 0.25) is 0 Å². The van der Waals surface area contributed by atoms with E-state index < -0.39 is 23.3 Å². The Morgan fingerprint density at radius 2 is 1.03 bits per heavy atom. The van der Waals surface area contributed by atoms with Gasteiger partial charge in [0.05, 0.1) is 14.2 Å². The van der Waals surface area contributed by atoms with Crippen molar-refractivity contribution in [1.29, 1.82) is 0 Å². The SMILES string of the molecule is COc1ccc(-c2ccc(OCc3ccc(-c4ccc(OC)c(F)c4F)cc3)c(F)c2F)cc1. The van der Waals surface area contributed by atoms with Gasteiger partial charge in [-0.15, -0.1) is 0 Å². The van der Waals surface area contributed by atoms with E-state index in [9.17, 15) is 17.6 Å². The van der Waals surface area contributed by atoms with Crippen molar-refractivity contribution in [2.75, 3.05) is 14.2 Å². The van der Waals surface area contributed by atoms with E-state index in [2.05, 4.69) is 0 Å². The first kappa shape index (κ1) is 23.2. The molecule has 0 fully saturated rings. The molecule has 0 atom stereocenters. The van der Waals surface area contributed by atoms with Crippen molar-refractivity contribution in [1.82, 2.24) is 0 Å². The summed E-state index contributed by atoms with van der Waals surface area (Å²) in [5, 5.41) is 0. The van der Waals surface area contributed by atoms with Crippen LogP contribution in [0.5, 0.6) is 17.2 Å². The third kappa shape index (κ3) is 4.55. The molecule has 0 aliphatic carbocycles. The van der Waals surface area contributed by atoms with Crippen LogP contribution in [-0.4, -0.2) is 14.2 Å². The summed E-state index contributed by atoms with van der Waals surface area (Å²) in [7, 11) is 2.78. The molecular formula is C27H20F4O3. The highest BCUT2D eigenvalue weighted by Gasteiger charge is 2.17. The van der Waals surface area contributed by atoms with Gasteiger partial charge in [-0.05, 0) is 53.1 Å². The number of rotatable bonds is 7. The smallest absolute Gasteiger partial charge is 0.201 e. The lowest BCUT2D eigenvalue weighted by molar-refractivity contribution is 0.285. The zero-order chi connectivity index (χ0) is 24.2. The van der Waals surface area contributed by atoms with Crippen molar-refractivity contribution in [3.05, 3.63) is 102 Å². The minimum absolute atomic E-state index is 0.0437. The molecule has 0 bridgehead atoms. The van der Waals surface area contributed by atoms with E-state index in [1.807, 2.05) is 0 Å². The molecule has 0 spiro atoms. The molecule has 4 aromatic rings. The average Bonchev–Trinajstić information content (AvgIpc) is 2.87. The number of methoxy groups -OCH3 is 2. The Morgan fingerprint density at radius 1 is 0.529 bits per heavy atom. The summed E-state index contributed by atoms with van der Waals surface area (Å²) < 4.78 is 72.9. The predicted molar refractivity (Wildman–Crippen MR) is 121 cm³/mol. The van der Waals surface area contributed by atoms with Crippen LogP contribution in [0.15, 0.2) is 72.8 Å². The van der Waals surface area contributed by atoms with E-state index in [-0.39, 0.29) is 29.2 Å². The summed E-state index contributed by atoms with van der Waals surface area (Å²) in [4.78, 5) is 0. The van der Waals surface area contributed by atoms with Crippen LogP contribution < -0.4 is 14.2 Å². The molecule has 0 radical (unpaired) electrons. The van der Waals surface area contributed by atoms with Crippen LogP contribution in [0.4, 0.5) is 17.6 Å². The maximum Gasteiger partial charge on any atom is 0.201 e. The van der Waals surface area contributed by atoms with Gasteiger partial charge in [-0.1, -0.05) is 36.4 Å². The summed E-state index contributed by atoms with van der Waals surface area (Å²) in [6.07, 6.45) is 0. The van der Waals surface area contributed by atoms with Crippen LogP contribution in [0, 0.1) is 23.3 Å². The monoisotopic (exact) mass is 468 g/mol. The molecule has 0 amide bonds. The van der Waals surface area contributed by atoms with Crippen molar-refractivity contribution < 1.29 is 31.8 Å². The molecule has 0 aliphatic heterocycles. The first-order valence-electron chi connectivity index (χ1n) is 10.3. The lowest BCUT2D eigenvalue weighted by atomic mass is 10.0. The van der Waals surface area contributed by atoms with E-state index in [1.165, 1.54) is 38.5 Å². The first-order chi connectivity index (χ1) is 16.4. The fourth-order valence-corrected chi connectivity index (χ4v) is 3.49. The molecule has 174 valence electrons. The second kappa shape index (κ2) is 9.87. The summed E-state index contributed by atoms with van der Waals surface area (Å²) in [6, 6.07) is 18.6. The van der Waals surface area contributed by atoms with E-state index in [0.717, 1.165) is 0 Å². The Hall–Kier alpha value is -4.00. The fraction of sp³-hybridized carbons (Fsp3) is 0.111. The van der Waals surface area contributed by atoms with Crippen LogP contribution in [0.25, 0.3) is 22.3 Å². The molecule has 4 aromatic carbocycles. The van der Waals surface area contributed by atoms with E-state index >= 15 is 0 Å². The molecule has 0 saturated carbocycles. The minimum Gasteiger partial charge on any atom is -0.497 e. The van der Waals surface area contributed by atoms with Crippen molar-refractivity contribution in [2.24, 2.45) is 0 Å². The molecule has 4 rings (SSSR count).